The number of nitrogens with zero attached hydrogens (tertiary/aromatic N) is 3. The first kappa shape index (κ1) is 13.8. The molecule has 108 valence electrons. The smallest absolute Gasteiger partial charge is 0.181 e. The van der Waals surface area contributed by atoms with Crippen LogP contribution in [0, 0.1) is 11.3 Å². The van der Waals surface area contributed by atoms with Crippen LogP contribution in [0.5, 0.6) is 5.75 Å². The largest absolute Gasteiger partial charge is 0.497 e. The molecular formula is C17H12FN3O. The van der Waals surface area contributed by atoms with Gasteiger partial charge in [0.1, 0.15) is 11.8 Å². The fourth-order valence-electron chi connectivity index (χ4n) is 2.18. The molecule has 3 rings (SSSR count). The van der Waals surface area contributed by atoms with Crippen LogP contribution >= 0.6 is 0 Å². The molecule has 1 heterocycles. The van der Waals surface area contributed by atoms with Crippen LogP contribution in [0.3, 0.4) is 0 Å². The maximum atomic E-state index is 14.6. The van der Waals surface area contributed by atoms with E-state index in [1.807, 2.05) is 6.07 Å². The molecule has 0 aliphatic carbocycles. The van der Waals surface area contributed by atoms with Crippen LogP contribution < -0.4 is 9.86 Å². The summed E-state index contributed by atoms with van der Waals surface area (Å²) in [7, 11) is 1.55. The molecule has 0 bridgehead atoms. The fourth-order valence-corrected chi connectivity index (χ4v) is 2.18. The average Bonchev–Trinajstić information content (AvgIpc) is 2.60. The molecule has 0 atom stereocenters. The Kier molecular flexibility index (Phi) is 3.58. The van der Waals surface area contributed by atoms with Crippen molar-refractivity contribution in [2.75, 3.05) is 12.2 Å². The van der Waals surface area contributed by atoms with Crippen molar-refractivity contribution in [3.63, 3.8) is 0 Å². The summed E-state index contributed by atoms with van der Waals surface area (Å²) in [5, 5.41) is 10.4. The Bertz CT molecular complexity index is 859. The number of methoxy groups -OCH3 is 1. The highest BCUT2D eigenvalue weighted by Gasteiger charge is 2.16. The molecular weight excluding hydrogens is 281 g/mol. The van der Waals surface area contributed by atoms with Gasteiger partial charge >= 0.3 is 0 Å². The molecule has 0 amide bonds. The van der Waals surface area contributed by atoms with Gasteiger partial charge in [0.15, 0.2) is 5.82 Å². The van der Waals surface area contributed by atoms with Crippen molar-refractivity contribution in [1.29, 1.82) is 5.26 Å². The molecule has 3 aromatic rings. The van der Waals surface area contributed by atoms with Gasteiger partial charge < -0.3 is 4.74 Å². The maximum absolute atomic E-state index is 14.6. The molecule has 0 spiro atoms. The molecule has 4 nitrogen and oxygen atoms in total. The zero-order chi connectivity index (χ0) is 15.5. The maximum Gasteiger partial charge on any atom is 0.181 e. The molecule has 5 heteroatoms. The van der Waals surface area contributed by atoms with E-state index in [9.17, 15) is 9.74 Å². The number of rotatable bonds is 3. The van der Waals surface area contributed by atoms with Gasteiger partial charge in [0, 0.05) is 11.5 Å². The lowest BCUT2D eigenvalue weighted by Gasteiger charge is -2.15. The Morgan fingerprint density at radius 2 is 1.91 bits per heavy atom. The summed E-state index contributed by atoms with van der Waals surface area (Å²) in [4.78, 5) is 4.28. The lowest BCUT2D eigenvalue weighted by atomic mass is 10.1. The normalized spacial score (nSPS) is 10.2. The van der Waals surface area contributed by atoms with Gasteiger partial charge in [0.2, 0.25) is 0 Å². The van der Waals surface area contributed by atoms with E-state index >= 15 is 0 Å². The van der Waals surface area contributed by atoms with Crippen molar-refractivity contribution in [3.8, 4) is 11.8 Å². The second-order valence-electron chi connectivity index (χ2n) is 4.65. The van der Waals surface area contributed by atoms with Gasteiger partial charge in [-0.25, -0.2) is 4.98 Å². The summed E-state index contributed by atoms with van der Waals surface area (Å²) >= 11 is 0. The minimum atomic E-state index is -0.0329. The topological polar surface area (TPSA) is 49.1 Å². The Morgan fingerprint density at radius 1 is 1.14 bits per heavy atom. The molecule has 0 unspecified atom stereocenters. The van der Waals surface area contributed by atoms with Crippen LogP contribution in [-0.4, -0.2) is 12.1 Å². The Hall–Kier alpha value is -3.13. The number of halogens is 1. The quantitative estimate of drug-likeness (QED) is 0.681. The second-order valence-corrected chi connectivity index (χ2v) is 4.65. The molecule has 0 N–H and O–H groups in total. The number of benzene rings is 2. The third-order valence-electron chi connectivity index (χ3n) is 3.29. The standard InChI is InChI=1S/C17H12FN3O/c1-22-15-8-7-12-9-13(11-19)17(20-16(12)10-15)21(18)14-5-3-2-4-6-14/h2-10H,1H3. The summed E-state index contributed by atoms with van der Waals surface area (Å²) in [6.07, 6.45) is 0. The van der Waals surface area contributed by atoms with Gasteiger partial charge in [-0.3, -0.25) is 0 Å². The van der Waals surface area contributed by atoms with Gasteiger partial charge in [-0.1, -0.05) is 22.7 Å². The summed E-state index contributed by atoms with van der Waals surface area (Å²) in [6, 6.07) is 17.3. The number of aromatic nitrogens is 1. The lowest BCUT2D eigenvalue weighted by molar-refractivity contribution is 0.415. The van der Waals surface area contributed by atoms with E-state index in [-0.39, 0.29) is 11.4 Å². The van der Waals surface area contributed by atoms with Crippen LogP contribution in [0.25, 0.3) is 10.9 Å². The number of hydrogen-bond donors (Lipinski definition) is 0. The van der Waals surface area contributed by atoms with Crippen molar-refractivity contribution >= 4 is 22.4 Å². The minimum Gasteiger partial charge on any atom is -0.497 e. The molecule has 0 radical (unpaired) electrons. The van der Waals surface area contributed by atoms with Crippen LogP contribution in [0.2, 0.25) is 0 Å². The number of anilines is 2. The van der Waals surface area contributed by atoms with E-state index in [2.05, 4.69) is 4.98 Å². The number of pyridine rings is 1. The molecule has 22 heavy (non-hydrogen) atoms. The van der Waals surface area contributed by atoms with E-state index in [1.54, 1.807) is 61.7 Å². The fraction of sp³-hybridized carbons (Fsp3) is 0.0588. The summed E-state index contributed by atoms with van der Waals surface area (Å²) < 4.78 is 19.8. The van der Waals surface area contributed by atoms with E-state index in [0.717, 1.165) is 5.39 Å². The first-order valence-electron chi connectivity index (χ1n) is 6.63. The van der Waals surface area contributed by atoms with Gasteiger partial charge in [0.05, 0.1) is 23.9 Å². The second kappa shape index (κ2) is 5.70. The molecule has 0 saturated heterocycles. The highest BCUT2D eigenvalue weighted by atomic mass is 19.2. The molecule has 0 saturated carbocycles. The Labute approximate surface area is 126 Å². The van der Waals surface area contributed by atoms with Crippen LogP contribution in [0.15, 0.2) is 54.6 Å². The van der Waals surface area contributed by atoms with E-state index in [4.69, 9.17) is 4.74 Å². The van der Waals surface area contributed by atoms with Crippen molar-refractivity contribution < 1.29 is 9.22 Å². The highest BCUT2D eigenvalue weighted by molar-refractivity contribution is 5.85. The van der Waals surface area contributed by atoms with Crippen LogP contribution in [-0.2, 0) is 0 Å². The molecule has 0 fully saturated rings. The van der Waals surface area contributed by atoms with Crippen LogP contribution in [0.4, 0.5) is 16.0 Å². The Morgan fingerprint density at radius 3 is 2.59 bits per heavy atom. The monoisotopic (exact) mass is 293 g/mol. The van der Waals surface area contributed by atoms with Gasteiger partial charge in [0.25, 0.3) is 0 Å². The number of fused-ring (bicyclic) bond motifs is 1. The average molecular weight is 293 g/mol. The van der Waals surface area contributed by atoms with E-state index in [0.29, 0.717) is 22.1 Å². The summed E-state index contributed by atoms with van der Waals surface area (Å²) in [5.41, 5.74) is 1.05. The zero-order valence-corrected chi connectivity index (χ0v) is 11.8. The van der Waals surface area contributed by atoms with Gasteiger partial charge in [-0.2, -0.15) is 10.4 Å². The number of ether oxygens (including phenoxy) is 1. The predicted octanol–water partition coefficient (Wildman–Crippen LogP) is 4.14. The van der Waals surface area contributed by atoms with Crippen molar-refractivity contribution in [2.24, 2.45) is 0 Å². The molecule has 0 aliphatic heterocycles. The molecule has 1 aromatic heterocycles. The van der Waals surface area contributed by atoms with Crippen molar-refractivity contribution in [3.05, 3.63) is 60.2 Å². The Balaban J connectivity index is 2.17. The molecule has 0 aliphatic rings. The van der Waals surface area contributed by atoms with Crippen molar-refractivity contribution in [1.82, 2.24) is 4.98 Å². The molecule has 2 aromatic carbocycles. The van der Waals surface area contributed by atoms with Crippen LogP contribution in [0.1, 0.15) is 5.56 Å². The van der Waals surface area contributed by atoms with Crippen molar-refractivity contribution in [2.45, 2.75) is 0 Å². The number of hydrogen-bond acceptors (Lipinski definition) is 4. The zero-order valence-electron chi connectivity index (χ0n) is 11.8. The summed E-state index contributed by atoms with van der Waals surface area (Å²) in [6.45, 7) is 0. The number of para-hydroxylation sites is 1. The first-order chi connectivity index (χ1) is 10.7. The predicted molar refractivity (Wildman–Crippen MR) is 82.7 cm³/mol. The summed E-state index contributed by atoms with van der Waals surface area (Å²) in [5.74, 6) is 0.593. The lowest BCUT2D eigenvalue weighted by Crippen LogP contribution is -2.08. The van der Waals surface area contributed by atoms with E-state index in [1.165, 1.54) is 0 Å². The van der Waals surface area contributed by atoms with Gasteiger partial charge in [-0.05, 0) is 30.3 Å². The number of nitriles is 1. The third-order valence-corrected chi connectivity index (χ3v) is 3.29. The third kappa shape index (κ3) is 2.42. The highest BCUT2D eigenvalue weighted by Crippen LogP contribution is 2.30. The SMILES string of the molecule is COc1ccc2cc(C#N)c(N(F)c3ccccc3)nc2c1. The first-order valence-corrected chi connectivity index (χ1v) is 6.63. The van der Waals surface area contributed by atoms with Gasteiger partial charge in [-0.15, -0.1) is 0 Å². The van der Waals surface area contributed by atoms with E-state index < -0.39 is 0 Å². The minimum absolute atomic E-state index is 0.0329.